The minimum Gasteiger partial charge on any atom is -0.275 e. The monoisotopic (exact) mass is 155 g/mol. The lowest BCUT2D eigenvalue weighted by Gasteiger charge is -1.88. The van der Waals surface area contributed by atoms with E-state index in [9.17, 15) is 10.1 Å². The van der Waals surface area contributed by atoms with Crippen molar-refractivity contribution in [2.45, 2.75) is 13.5 Å². The van der Waals surface area contributed by atoms with Crippen molar-refractivity contribution in [3.8, 4) is 0 Å². The lowest BCUT2D eigenvalue weighted by atomic mass is 10.3. The van der Waals surface area contributed by atoms with Crippen LogP contribution in [0.2, 0.25) is 0 Å². The van der Waals surface area contributed by atoms with Crippen molar-refractivity contribution in [1.82, 2.24) is 9.78 Å². The Hall–Kier alpha value is -1.39. The van der Waals surface area contributed by atoms with Gasteiger partial charge in [-0.2, -0.15) is 5.10 Å². The average molecular weight is 155 g/mol. The first-order valence-corrected chi connectivity index (χ1v) is 3.20. The second-order valence-electron chi connectivity index (χ2n) is 2.40. The molecule has 0 amide bonds. The van der Waals surface area contributed by atoms with E-state index in [0.717, 1.165) is 5.69 Å². The van der Waals surface area contributed by atoms with Crippen LogP contribution in [-0.2, 0) is 13.6 Å². The molecule has 0 bridgehead atoms. The zero-order chi connectivity index (χ0) is 8.43. The fraction of sp³-hybridized carbons (Fsp3) is 0.500. The van der Waals surface area contributed by atoms with Crippen LogP contribution >= 0.6 is 0 Å². The van der Waals surface area contributed by atoms with E-state index in [1.165, 1.54) is 0 Å². The molecule has 5 heteroatoms. The summed E-state index contributed by atoms with van der Waals surface area (Å²) in [6.45, 7) is 1.62. The Balaban J connectivity index is 2.85. The first-order valence-electron chi connectivity index (χ1n) is 3.20. The molecular formula is C6H9N3O2. The van der Waals surface area contributed by atoms with Gasteiger partial charge in [-0.05, 0) is 6.92 Å². The van der Waals surface area contributed by atoms with E-state index in [4.69, 9.17) is 0 Å². The van der Waals surface area contributed by atoms with E-state index in [0.29, 0.717) is 5.56 Å². The van der Waals surface area contributed by atoms with E-state index < -0.39 is 0 Å². The molecule has 0 aliphatic heterocycles. The second-order valence-corrected chi connectivity index (χ2v) is 2.40. The third kappa shape index (κ3) is 1.76. The highest BCUT2D eigenvalue weighted by Gasteiger charge is 2.07. The van der Waals surface area contributed by atoms with Gasteiger partial charge < -0.3 is 0 Å². The molecule has 5 nitrogen and oxygen atoms in total. The van der Waals surface area contributed by atoms with Gasteiger partial charge in [0.2, 0.25) is 6.54 Å². The molecular weight excluding hydrogens is 146 g/mol. The summed E-state index contributed by atoms with van der Waals surface area (Å²) in [6, 6.07) is 0. The number of nitro groups is 1. The van der Waals surface area contributed by atoms with Crippen LogP contribution in [0.4, 0.5) is 0 Å². The standard InChI is InChI=1S/C6H9N3O2/c1-5-6(4-9(10)11)3-8(2)7-5/h3H,4H2,1-2H3. The smallest absolute Gasteiger partial charge is 0.232 e. The molecule has 1 aromatic heterocycles. The maximum Gasteiger partial charge on any atom is 0.232 e. The Morgan fingerprint density at radius 2 is 2.45 bits per heavy atom. The molecule has 0 fully saturated rings. The molecule has 0 aliphatic rings. The van der Waals surface area contributed by atoms with Crippen LogP contribution in [0, 0.1) is 17.0 Å². The molecule has 0 aromatic carbocycles. The number of aromatic nitrogens is 2. The predicted octanol–water partition coefficient (Wildman–Crippen LogP) is 0.505. The maximum absolute atomic E-state index is 10.1. The molecule has 0 unspecified atom stereocenters. The van der Waals surface area contributed by atoms with Crippen LogP contribution in [0.25, 0.3) is 0 Å². The van der Waals surface area contributed by atoms with Gasteiger partial charge in [-0.3, -0.25) is 14.8 Å². The van der Waals surface area contributed by atoms with Crippen LogP contribution < -0.4 is 0 Å². The number of rotatable bonds is 2. The highest BCUT2D eigenvalue weighted by Crippen LogP contribution is 2.04. The maximum atomic E-state index is 10.1. The first kappa shape index (κ1) is 7.71. The van der Waals surface area contributed by atoms with Crippen LogP contribution in [0.1, 0.15) is 11.3 Å². The summed E-state index contributed by atoms with van der Waals surface area (Å²) in [6.07, 6.45) is 1.66. The van der Waals surface area contributed by atoms with Gasteiger partial charge in [0.25, 0.3) is 0 Å². The van der Waals surface area contributed by atoms with Crippen molar-refractivity contribution >= 4 is 0 Å². The van der Waals surface area contributed by atoms with Crippen molar-refractivity contribution < 1.29 is 4.92 Å². The molecule has 0 saturated heterocycles. The van der Waals surface area contributed by atoms with Gasteiger partial charge in [0.05, 0.1) is 11.3 Å². The van der Waals surface area contributed by atoms with Gasteiger partial charge in [0, 0.05) is 18.2 Å². The summed E-state index contributed by atoms with van der Waals surface area (Å²) in [5, 5.41) is 14.1. The van der Waals surface area contributed by atoms with Crippen LogP contribution in [0.3, 0.4) is 0 Å². The Bertz CT molecular complexity index is 279. The SMILES string of the molecule is Cc1nn(C)cc1C[N+](=O)[O-]. The minimum absolute atomic E-state index is 0.139. The number of nitrogens with zero attached hydrogens (tertiary/aromatic N) is 3. The zero-order valence-electron chi connectivity index (χ0n) is 6.44. The summed E-state index contributed by atoms with van der Waals surface area (Å²) in [4.78, 5) is 9.74. The van der Waals surface area contributed by atoms with Crippen molar-refractivity contribution in [3.05, 3.63) is 27.6 Å². The minimum atomic E-state index is -0.357. The third-order valence-corrected chi connectivity index (χ3v) is 1.41. The van der Waals surface area contributed by atoms with Crippen LogP contribution in [-0.4, -0.2) is 14.7 Å². The fourth-order valence-corrected chi connectivity index (χ4v) is 0.943. The molecule has 1 rings (SSSR count). The van der Waals surface area contributed by atoms with E-state index >= 15 is 0 Å². The topological polar surface area (TPSA) is 61.0 Å². The first-order chi connectivity index (χ1) is 5.09. The molecule has 0 spiro atoms. The van der Waals surface area contributed by atoms with Gasteiger partial charge in [-0.15, -0.1) is 0 Å². The molecule has 11 heavy (non-hydrogen) atoms. The van der Waals surface area contributed by atoms with Gasteiger partial charge in [0.15, 0.2) is 0 Å². The predicted molar refractivity (Wildman–Crippen MR) is 38.6 cm³/mol. The van der Waals surface area contributed by atoms with E-state index in [1.807, 2.05) is 0 Å². The fourth-order valence-electron chi connectivity index (χ4n) is 0.943. The average Bonchev–Trinajstić information content (AvgIpc) is 2.09. The summed E-state index contributed by atoms with van der Waals surface area (Å²) in [7, 11) is 1.75. The van der Waals surface area contributed by atoms with E-state index in [-0.39, 0.29) is 11.5 Å². The quantitative estimate of drug-likeness (QED) is 0.461. The Kier molecular flexibility index (Phi) is 1.89. The van der Waals surface area contributed by atoms with Gasteiger partial charge in [-0.1, -0.05) is 0 Å². The molecule has 1 heterocycles. The van der Waals surface area contributed by atoms with Crippen molar-refractivity contribution in [3.63, 3.8) is 0 Å². The number of hydrogen-bond acceptors (Lipinski definition) is 3. The molecule has 1 aromatic rings. The Labute approximate surface area is 63.8 Å². The van der Waals surface area contributed by atoms with Crippen molar-refractivity contribution in [2.75, 3.05) is 0 Å². The molecule has 0 saturated carbocycles. The van der Waals surface area contributed by atoms with Gasteiger partial charge in [-0.25, -0.2) is 0 Å². The van der Waals surface area contributed by atoms with Gasteiger partial charge >= 0.3 is 0 Å². The zero-order valence-corrected chi connectivity index (χ0v) is 6.44. The van der Waals surface area contributed by atoms with E-state index in [1.54, 1.807) is 24.9 Å². The summed E-state index contributed by atoms with van der Waals surface area (Å²) in [5.41, 5.74) is 1.40. The molecule has 0 N–H and O–H groups in total. The lowest BCUT2D eigenvalue weighted by molar-refractivity contribution is -0.496. The third-order valence-electron chi connectivity index (χ3n) is 1.41. The summed E-state index contributed by atoms with van der Waals surface area (Å²) < 4.78 is 1.58. The normalized spacial score (nSPS) is 10.0. The molecule has 0 radical (unpaired) electrons. The summed E-state index contributed by atoms with van der Waals surface area (Å²) >= 11 is 0. The second kappa shape index (κ2) is 2.69. The Morgan fingerprint density at radius 3 is 2.82 bits per heavy atom. The summed E-state index contributed by atoms with van der Waals surface area (Å²) in [5.74, 6) is 0. The van der Waals surface area contributed by atoms with Crippen molar-refractivity contribution in [1.29, 1.82) is 0 Å². The van der Waals surface area contributed by atoms with Crippen molar-refractivity contribution in [2.24, 2.45) is 7.05 Å². The highest BCUT2D eigenvalue weighted by molar-refractivity contribution is 5.13. The Morgan fingerprint density at radius 1 is 1.82 bits per heavy atom. The largest absolute Gasteiger partial charge is 0.275 e. The number of aryl methyl sites for hydroxylation is 2. The van der Waals surface area contributed by atoms with Crippen LogP contribution in [0.15, 0.2) is 6.20 Å². The number of hydrogen-bond donors (Lipinski definition) is 0. The highest BCUT2D eigenvalue weighted by atomic mass is 16.6. The molecule has 0 aliphatic carbocycles. The lowest BCUT2D eigenvalue weighted by Crippen LogP contribution is -1.98. The molecule has 0 atom stereocenters. The van der Waals surface area contributed by atoms with E-state index in [2.05, 4.69) is 5.10 Å². The molecule has 60 valence electrons. The van der Waals surface area contributed by atoms with Crippen LogP contribution in [0.5, 0.6) is 0 Å². The van der Waals surface area contributed by atoms with Gasteiger partial charge in [0.1, 0.15) is 0 Å².